The van der Waals surface area contributed by atoms with Crippen LogP contribution in [0.4, 0.5) is 0 Å². The molecule has 0 saturated heterocycles. The highest BCUT2D eigenvalue weighted by atomic mass is 32.1. The van der Waals surface area contributed by atoms with E-state index in [9.17, 15) is 0 Å². The molecule has 3 rings (SSSR count). The van der Waals surface area contributed by atoms with Crippen LogP contribution >= 0.6 is 11.3 Å². The highest BCUT2D eigenvalue weighted by molar-refractivity contribution is 7.09. The van der Waals surface area contributed by atoms with E-state index in [1.165, 1.54) is 29.1 Å². The van der Waals surface area contributed by atoms with Crippen LogP contribution in [-0.2, 0) is 19.5 Å². The summed E-state index contributed by atoms with van der Waals surface area (Å²) in [5, 5.41) is 11.7. The predicted molar refractivity (Wildman–Crippen MR) is 86.8 cm³/mol. The standard InChI is InChI=1S/C16H24N4S/c1-4-5-16-18-14(10-21-16)9-20-12(3)15(11(2)19-20)8-17-13-6-7-13/h10,13,17H,4-9H2,1-3H3. The van der Waals surface area contributed by atoms with Gasteiger partial charge in [-0.05, 0) is 39.5 Å². The molecule has 1 saturated carbocycles. The van der Waals surface area contributed by atoms with Gasteiger partial charge in [0.1, 0.15) is 0 Å². The molecule has 0 amide bonds. The number of rotatable bonds is 7. The van der Waals surface area contributed by atoms with Crippen molar-refractivity contribution < 1.29 is 0 Å². The van der Waals surface area contributed by atoms with Crippen molar-refractivity contribution in [1.29, 1.82) is 0 Å². The lowest BCUT2D eigenvalue weighted by atomic mass is 10.2. The molecule has 0 unspecified atom stereocenters. The summed E-state index contributed by atoms with van der Waals surface area (Å²) < 4.78 is 2.10. The van der Waals surface area contributed by atoms with Crippen molar-refractivity contribution >= 4 is 11.3 Å². The smallest absolute Gasteiger partial charge is 0.0928 e. The zero-order valence-electron chi connectivity index (χ0n) is 13.1. The van der Waals surface area contributed by atoms with Crippen LogP contribution in [0.5, 0.6) is 0 Å². The highest BCUT2D eigenvalue weighted by Crippen LogP contribution is 2.21. The lowest BCUT2D eigenvalue weighted by Gasteiger charge is -2.05. The number of aromatic nitrogens is 3. The Morgan fingerprint density at radius 3 is 2.90 bits per heavy atom. The molecule has 2 heterocycles. The minimum atomic E-state index is 0.738. The van der Waals surface area contributed by atoms with Crippen LogP contribution < -0.4 is 5.32 Å². The summed E-state index contributed by atoms with van der Waals surface area (Å²) in [6.45, 7) is 8.21. The molecular weight excluding hydrogens is 280 g/mol. The van der Waals surface area contributed by atoms with Gasteiger partial charge in [-0.2, -0.15) is 5.10 Å². The van der Waals surface area contributed by atoms with Crippen LogP contribution in [-0.4, -0.2) is 20.8 Å². The van der Waals surface area contributed by atoms with Gasteiger partial charge >= 0.3 is 0 Å². The van der Waals surface area contributed by atoms with Crippen molar-refractivity contribution in [2.75, 3.05) is 0 Å². The summed E-state index contributed by atoms with van der Waals surface area (Å²) in [7, 11) is 0. The fraction of sp³-hybridized carbons (Fsp3) is 0.625. The summed E-state index contributed by atoms with van der Waals surface area (Å²) in [6, 6.07) is 0.738. The van der Waals surface area contributed by atoms with E-state index in [2.05, 4.69) is 36.1 Å². The van der Waals surface area contributed by atoms with Gasteiger partial charge < -0.3 is 5.32 Å². The predicted octanol–water partition coefficient (Wildman–Crippen LogP) is 3.21. The van der Waals surface area contributed by atoms with E-state index in [1.54, 1.807) is 11.3 Å². The Morgan fingerprint density at radius 1 is 1.38 bits per heavy atom. The molecule has 0 atom stereocenters. The number of nitrogens with zero attached hydrogens (tertiary/aromatic N) is 3. The molecule has 2 aromatic rings. The molecular formula is C16H24N4S. The van der Waals surface area contributed by atoms with Crippen LogP contribution in [0, 0.1) is 13.8 Å². The summed E-state index contributed by atoms with van der Waals surface area (Å²) >= 11 is 1.77. The Labute approximate surface area is 130 Å². The van der Waals surface area contributed by atoms with E-state index in [-0.39, 0.29) is 0 Å². The van der Waals surface area contributed by atoms with E-state index in [1.807, 2.05) is 0 Å². The van der Waals surface area contributed by atoms with Crippen molar-refractivity contribution in [1.82, 2.24) is 20.1 Å². The lowest BCUT2D eigenvalue weighted by Crippen LogP contribution is -2.16. The molecule has 0 aliphatic heterocycles. The van der Waals surface area contributed by atoms with Crippen LogP contribution in [0.1, 0.15) is 53.8 Å². The first-order valence-electron chi connectivity index (χ1n) is 7.87. The zero-order valence-corrected chi connectivity index (χ0v) is 14.0. The largest absolute Gasteiger partial charge is 0.310 e. The van der Waals surface area contributed by atoms with Crippen LogP contribution in [0.25, 0.3) is 0 Å². The van der Waals surface area contributed by atoms with Gasteiger partial charge in [-0.1, -0.05) is 6.92 Å². The van der Waals surface area contributed by atoms with Crippen LogP contribution in [0.3, 0.4) is 0 Å². The first-order valence-corrected chi connectivity index (χ1v) is 8.75. The van der Waals surface area contributed by atoms with Gasteiger partial charge in [-0.15, -0.1) is 11.3 Å². The van der Waals surface area contributed by atoms with Gasteiger partial charge in [0.15, 0.2) is 0 Å². The molecule has 2 aromatic heterocycles. The Balaban J connectivity index is 1.70. The monoisotopic (exact) mass is 304 g/mol. The van der Waals surface area contributed by atoms with Crippen LogP contribution in [0.15, 0.2) is 5.38 Å². The second-order valence-electron chi connectivity index (χ2n) is 5.94. The Bertz CT molecular complexity index is 610. The number of thiazole rings is 1. The minimum Gasteiger partial charge on any atom is -0.310 e. The first-order chi connectivity index (χ1) is 10.2. The normalized spacial score (nSPS) is 14.8. The van der Waals surface area contributed by atoms with Gasteiger partial charge in [0.2, 0.25) is 0 Å². The highest BCUT2D eigenvalue weighted by Gasteiger charge is 2.21. The van der Waals surface area contributed by atoms with Crippen molar-refractivity contribution in [3.8, 4) is 0 Å². The van der Waals surface area contributed by atoms with Gasteiger partial charge in [0.25, 0.3) is 0 Å². The van der Waals surface area contributed by atoms with Gasteiger partial charge in [-0.25, -0.2) is 4.98 Å². The third-order valence-corrected chi connectivity index (χ3v) is 5.01. The molecule has 0 bridgehead atoms. The fourth-order valence-electron chi connectivity index (χ4n) is 2.58. The molecule has 1 fully saturated rings. The van der Waals surface area contributed by atoms with E-state index in [0.29, 0.717) is 0 Å². The molecule has 0 spiro atoms. The summed E-state index contributed by atoms with van der Waals surface area (Å²) in [4.78, 5) is 4.70. The average Bonchev–Trinajstić information content (AvgIpc) is 3.12. The average molecular weight is 304 g/mol. The Morgan fingerprint density at radius 2 is 2.19 bits per heavy atom. The van der Waals surface area contributed by atoms with Gasteiger partial charge in [0.05, 0.1) is 22.9 Å². The fourth-order valence-corrected chi connectivity index (χ4v) is 3.47. The van der Waals surface area contributed by atoms with Crippen LogP contribution in [0.2, 0.25) is 0 Å². The maximum atomic E-state index is 4.70. The molecule has 21 heavy (non-hydrogen) atoms. The van der Waals surface area contributed by atoms with Crippen molar-refractivity contribution in [2.24, 2.45) is 0 Å². The second-order valence-corrected chi connectivity index (χ2v) is 6.89. The quantitative estimate of drug-likeness (QED) is 0.854. The molecule has 0 radical (unpaired) electrons. The van der Waals surface area contributed by atoms with Gasteiger partial charge in [0, 0.05) is 29.2 Å². The molecule has 1 aliphatic rings. The van der Waals surface area contributed by atoms with Crippen molar-refractivity contribution in [3.05, 3.63) is 33.0 Å². The molecule has 1 aliphatic carbocycles. The summed E-state index contributed by atoms with van der Waals surface area (Å²) in [6.07, 6.45) is 4.89. The number of hydrogen-bond donors (Lipinski definition) is 1. The molecule has 1 N–H and O–H groups in total. The van der Waals surface area contributed by atoms with Crippen molar-refractivity contribution in [3.63, 3.8) is 0 Å². The Hall–Kier alpha value is -1.20. The SMILES string of the molecule is CCCc1nc(Cn2nc(C)c(CNC3CC3)c2C)cs1. The number of nitrogens with one attached hydrogen (secondary N) is 1. The van der Waals surface area contributed by atoms with E-state index < -0.39 is 0 Å². The van der Waals surface area contributed by atoms with Gasteiger partial charge in [-0.3, -0.25) is 4.68 Å². The zero-order chi connectivity index (χ0) is 14.8. The van der Waals surface area contributed by atoms with E-state index in [4.69, 9.17) is 10.1 Å². The number of hydrogen-bond acceptors (Lipinski definition) is 4. The van der Waals surface area contributed by atoms with E-state index >= 15 is 0 Å². The third-order valence-electron chi connectivity index (χ3n) is 4.05. The molecule has 114 valence electrons. The van der Waals surface area contributed by atoms with Crippen molar-refractivity contribution in [2.45, 2.75) is 65.6 Å². The first kappa shape index (κ1) is 14.7. The Kier molecular flexibility index (Phi) is 4.40. The molecule has 4 nitrogen and oxygen atoms in total. The summed E-state index contributed by atoms with van der Waals surface area (Å²) in [5.74, 6) is 0. The molecule has 5 heteroatoms. The number of aryl methyl sites for hydroxylation is 2. The topological polar surface area (TPSA) is 42.7 Å². The van der Waals surface area contributed by atoms with E-state index in [0.717, 1.165) is 43.4 Å². The maximum absolute atomic E-state index is 4.70. The second kappa shape index (κ2) is 6.28. The molecule has 0 aromatic carbocycles. The maximum Gasteiger partial charge on any atom is 0.0928 e. The lowest BCUT2D eigenvalue weighted by molar-refractivity contribution is 0.642. The third kappa shape index (κ3) is 3.52. The minimum absolute atomic E-state index is 0.738. The summed E-state index contributed by atoms with van der Waals surface area (Å²) in [5.41, 5.74) is 4.90.